The predicted octanol–water partition coefficient (Wildman–Crippen LogP) is 6.42. The van der Waals surface area contributed by atoms with Gasteiger partial charge in [0, 0.05) is 32.5 Å². The molecular formula is C27H23ClN4O2S2. The summed E-state index contributed by atoms with van der Waals surface area (Å²) in [6, 6.07) is 20.5. The van der Waals surface area contributed by atoms with Gasteiger partial charge in [-0.25, -0.2) is 0 Å². The Bertz CT molecular complexity index is 1390. The van der Waals surface area contributed by atoms with Crippen molar-refractivity contribution in [2.75, 3.05) is 16.4 Å². The van der Waals surface area contributed by atoms with Crippen LogP contribution in [0.5, 0.6) is 0 Å². The van der Waals surface area contributed by atoms with Gasteiger partial charge < -0.3 is 16.0 Å². The van der Waals surface area contributed by atoms with E-state index in [9.17, 15) is 14.9 Å². The van der Waals surface area contributed by atoms with Crippen LogP contribution in [-0.2, 0) is 9.59 Å². The quantitative estimate of drug-likeness (QED) is 0.325. The number of anilines is 2. The molecule has 9 heteroatoms. The first-order valence-corrected chi connectivity index (χ1v) is 13.3. The van der Waals surface area contributed by atoms with Crippen molar-refractivity contribution in [1.29, 1.82) is 5.26 Å². The van der Waals surface area contributed by atoms with Crippen molar-refractivity contribution < 1.29 is 9.59 Å². The molecule has 0 saturated carbocycles. The topological polar surface area (TPSA) is 94.0 Å². The number of allylic oxidation sites excluding steroid dienone is 2. The van der Waals surface area contributed by atoms with Crippen molar-refractivity contribution in [2.24, 2.45) is 0 Å². The number of nitrogens with zero attached hydrogens (tertiary/aromatic N) is 1. The number of thiophene rings is 1. The van der Waals surface area contributed by atoms with Gasteiger partial charge in [-0.3, -0.25) is 9.59 Å². The Kier molecular flexibility index (Phi) is 8.16. The number of carbonyl (C=O) groups is 2. The fourth-order valence-corrected chi connectivity index (χ4v) is 5.70. The maximum Gasteiger partial charge on any atom is 0.254 e. The van der Waals surface area contributed by atoms with E-state index in [1.54, 1.807) is 24.3 Å². The van der Waals surface area contributed by atoms with E-state index < -0.39 is 5.92 Å². The van der Waals surface area contributed by atoms with Gasteiger partial charge in [-0.15, -0.1) is 11.3 Å². The number of para-hydroxylation sites is 1. The van der Waals surface area contributed by atoms with E-state index in [1.165, 1.54) is 23.1 Å². The summed E-state index contributed by atoms with van der Waals surface area (Å²) in [6.07, 6.45) is 0. The first-order chi connectivity index (χ1) is 17.4. The molecule has 1 atom stereocenters. The highest BCUT2D eigenvalue weighted by atomic mass is 35.5. The Morgan fingerprint density at radius 1 is 1.08 bits per heavy atom. The molecule has 0 fully saturated rings. The van der Waals surface area contributed by atoms with Crippen molar-refractivity contribution in [3.8, 4) is 6.07 Å². The molecule has 0 bridgehead atoms. The zero-order valence-electron chi connectivity index (χ0n) is 19.6. The summed E-state index contributed by atoms with van der Waals surface area (Å²) in [5.41, 5.74) is 3.82. The second-order valence-electron chi connectivity index (χ2n) is 8.08. The summed E-state index contributed by atoms with van der Waals surface area (Å²) in [6.45, 7) is 3.74. The molecule has 0 aliphatic carbocycles. The molecular weight excluding hydrogens is 512 g/mol. The molecule has 0 spiro atoms. The third-order valence-corrected chi connectivity index (χ3v) is 7.79. The summed E-state index contributed by atoms with van der Waals surface area (Å²) < 4.78 is 0. The minimum atomic E-state index is -0.540. The molecule has 1 aliphatic heterocycles. The first kappa shape index (κ1) is 25.6. The highest BCUT2D eigenvalue weighted by molar-refractivity contribution is 8.03. The number of rotatable bonds is 7. The monoisotopic (exact) mass is 534 g/mol. The van der Waals surface area contributed by atoms with Crippen LogP contribution in [0, 0.1) is 18.3 Å². The summed E-state index contributed by atoms with van der Waals surface area (Å²) in [5, 5.41) is 22.3. The van der Waals surface area contributed by atoms with E-state index in [4.69, 9.17) is 11.6 Å². The fourth-order valence-electron chi connectivity index (χ4n) is 3.84. The number of aryl methyl sites for hydroxylation is 1. The summed E-state index contributed by atoms with van der Waals surface area (Å²) in [5.74, 6) is -0.941. The lowest BCUT2D eigenvalue weighted by Gasteiger charge is -2.29. The number of nitriles is 1. The molecule has 36 heavy (non-hydrogen) atoms. The number of halogens is 1. The SMILES string of the molecule is CC1=C(C(=O)Nc2ccccc2C)[C@H](c2cccs2)C(C#N)=C(SCC(=O)Nc2ccc(Cl)cc2)N1. The number of hydrogen-bond donors (Lipinski definition) is 3. The Morgan fingerprint density at radius 3 is 2.50 bits per heavy atom. The molecule has 1 aromatic heterocycles. The molecule has 3 N–H and O–H groups in total. The molecule has 0 unspecified atom stereocenters. The second kappa shape index (κ2) is 11.5. The number of hydrogen-bond acceptors (Lipinski definition) is 6. The average molecular weight is 535 g/mol. The Morgan fingerprint density at radius 2 is 1.83 bits per heavy atom. The van der Waals surface area contributed by atoms with Crippen molar-refractivity contribution in [1.82, 2.24) is 5.32 Å². The van der Waals surface area contributed by atoms with Gasteiger partial charge in [-0.1, -0.05) is 47.6 Å². The van der Waals surface area contributed by atoms with E-state index in [0.29, 0.717) is 38.3 Å². The standard InChI is InChI=1S/C27H23ClN4O2S2/c1-16-6-3-4-7-21(16)32-26(34)24-17(2)30-27(20(14-29)25(24)22-8-5-13-35-22)36-15-23(33)31-19-11-9-18(28)10-12-19/h3-13,25,30H,15H2,1-2H3,(H,31,33)(H,32,34)/t25-/m0/s1. The van der Waals surface area contributed by atoms with Crippen molar-refractivity contribution >= 4 is 57.9 Å². The van der Waals surface area contributed by atoms with E-state index >= 15 is 0 Å². The molecule has 2 amide bonds. The number of benzene rings is 2. The van der Waals surface area contributed by atoms with Crippen LogP contribution in [0.15, 0.2) is 87.9 Å². The lowest BCUT2D eigenvalue weighted by Crippen LogP contribution is -2.31. The minimum Gasteiger partial charge on any atom is -0.353 e. The smallest absolute Gasteiger partial charge is 0.254 e. The lowest BCUT2D eigenvalue weighted by molar-refractivity contribution is -0.114. The highest BCUT2D eigenvalue weighted by Crippen LogP contribution is 2.42. The minimum absolute atomic E-state index is 0.0886. The van der Waals surface area contributed by atoms with E-state index in [2.05, 4.69) is 22.0 Å². The fraction of sp³-hybridized carbons (Fsp3) is 0.148. The van der Waals surface area contributed by atoms with Gasteiger partial charge in [0.15, 0.2) is 0 Å². The molecule has 0 radical (unpaired) electrons. The molecule has 4 rings (SSSR count). The third-order valence-electron chi connectivity index (χ3n) is 5.59. The maximum absolute atomic E-state index is 13.5. The van der Waals surface area contributed by atoms with Crippen LogP contribution >= 0.6 is 34.7 Å². The summed E-state index contributed by atoms with van der Waals surface area (Å²) in [4.78, 5) is 26.9. The van der Waals surface area contributed by atoms with E-state index in [-0.39, 0.29) is 17.6 Å². The first-order valence-electron chi connectivity index (χ1n) is 11.1. The highest BCUT2D eigenvalue weighted by Gasteiger charge is 2.35. The average Bonchev–Trinajstić information content (AvgIpc) is 3.39. The number of amides is 2. The zero-order valence-corrected chi connectivity index (χ0v) is 22.0. The number of dihydropyridines is 1. The Labute approximate surface area is 223 Å². The van der Waals surface area contributed by atoms with Crippen LogP contribution in [0.4, 0.5) is 11.4 Å². The predicted molar refractivity (Wildman–Crippen MR) is 148 cm³/mol. The van der Waals surface area contributed by atoms with Crippen LogP contribution in [0.2, 0.25) is 5.02 Å². The molecule has 2 aromatic carbocycles. The van der Waals surface area contributed by atoms with Gasteiger partial charge in [0.1, 0.15) is 0 Å². The van der Waals surface area contributed by atoms with Crippen LogP contribution in [0.1, 0.15) is 23.3 Å². The summed E-state index contributed by atoms with van der Waals surface area (Å²) in [7, 11) is 0. The second-order valence-corrected chi connectivity index (χ2v) is 10.5. The molecule has 182 valence electrons. The third kappa shape index (κ3) is 5.82. The lowest BCUT2D eigenvalue weighted by atomic mass is 9.86. The van der Waals surface area contributed by atoms with Crippen LogP contribution < -0.4 is 16.0 Å². The Hall–Kier alpha value is -3.51. The van der Waals surface area contributed by atoms with E-state index in [1.807, 2.05) is 55.6 Å². The normalized spacial score (nSPS) is 15.2. The molecule has 6 nitrogen and oxygen atoms in total. The van der Waals surface area contributed by atoms with Gasteiger partial charge in [0.25, 0.3) is 5.91 Å². The number of thioether (sulfide) groups is 1. The number of carbonyl (C=O) groups excluding carboxylic acids is 2. The van der Waals surface area contributed by atoms with Crippen LogP contribution in [-0.4, -0.2) is 17.6 Å². The van der Waals surface area contributed by atoms with E-state index in [0.717, 1.165) is 10.4 Å². The molecule has 3 aromatic rings. The van der Waals surface area contributed by atoms with Crippen molar-refractivity contribution in [2.45, 2.75) is 19.8 Å². The van der Waals surface area contributed by atoms with Crippen molar-refractivity contribution in [3.63, 3.8) is 0 Å². The van der Waals surface area contributed by atoms with Crippen molar-refractivity contribution in [3.05, 3.63) is 103 Å². The molecule has 1 aliphatic rings. The Balaban J connectivity index is 1.58. The van der Waals surface area contributed by atoms with Gasteiger partial charge in [-0.2, -0.15) is 5.26 Å². The van der Waals surface area contributed by atoms with Gasteiger partial charge >= 0.3 is 0 Å². The van der Waals surface area contributed by atoms with Crippen LogP contribution in [0.25, 0.3) is 0 Å². The van der Waals surface area contributed by atoms with Gasteiger partial charge in [0.05, 0.1) is 28.3 Å². The molecule has 0 saturated heterocycles. The largest absolute Gasteiger partial charge is 0.353 e. The van der Waals surface area contributed by atoms with Gasteiger partial charge in [0.2, 0.25) is 5.91 Å². The molecule has 2 heterocycles. The van der Waals surface area contributed by atoms with Gasteiger partial charge in [-0.05, 0) is 61.2 Å². The van der Waals surface area contributed by atoms with Crippen LogP contribution in [0.3, 0.4) is 0 Å². The number of nitrogens with one attached hydrogen (secondary N) is 3. The zero-order chi connectivity index (χ0) is 25.7. The summed E-state index contributed by atoms with van der Waals surface area (Å²) >= 11 is 8.62. The maximum atomic E-state index is 13.5.